The average molecular weight is 356 g/mol. The molecule has 1 aliphatic heterocycles. The number of hydrogen-bond acceptors (Lipinski definition) is 5. The highest BCUT2D eigenvalue weighted by Crippen LogP contribution is 2.29. The van der Waals surface area contributed by atoms with Crippen LogP contribution in [0.5, 0.6) is 0 Å². The van der Waals surface area contributed by atoms with Crippen molar-refractivity contribution in [2.45, 2.75) is 25.5 Å². The van der Waals surface area contributed by atoms with Crippen LogP contribution in [0.25, 0.3) is 11.3 Å². The first-order chi connectivity index (χ1) is 11.6. The fourth-order valence-electron chi connectivity index (χ4n) is 2.70. The molecular weight excluding hydrogens is 340 g/mol. The predicted molar refractivity (Wildman–Crippen MR) is 97.9 cm³/mol. The summed E-state index contributed by atoms with van der Waals surface area (Å²) in [5.74, 6) is 0.993. The van der Waals surface area contributed by atoms with E-state index in [0.29, 0.717) is 4.88 Å². The lowest BCUT2D eigenvalue weighted by Gasteiger charge is -2.05. The third-order valence-corrected chi connectivity index (χ3v) is 5.89. The van der Waals surface area contributed by atoms with Crippen LogP contribution in [0.1, 0.15) is 20.4 Å². The summed E-state index contributed by atoms with van der Waals surface area (Å²) in [5.41, 5.74) is 3.58. The Kier molecular flexibility index (Phi) is 3.90. The fourth-order valence-corrected chi connectivity index (χ4v) is 4.46. The molecule has 0 radical (unpaired) electrons. The van der Waals surface area contributed by atoms with Gasteiger partial charge in [-0.1, -0.05) is 23.9 Å². The zero-order valence-electron chi connectivity index (χ0n) is 13.4. The maximum absolute atomic E-state index is 12.3. The second-order valence-electron chi connectivity index (χ2n) is 5.63. The van der Waals surface area contributed by atoms with Gasteiger partial charge in [-0.15, -0.1) is 11.3 Å². The van der Waals surface area contributed by atoms with Gasteiger partial charge in [-0.3, -0.25) is 4.79 Å². The molecule has 0 unspecified atom stereocenters. The quantitative estimate of drug-likeness (QED) is 0.771. The van der Waals surface area contributed by atoms with E-state index in [-0.39, 0.29) is 5.91 Å². The van der Waals surface area contributed by atoms with E-state index in [0.717, 1.165) is 45.1 Å². The number of nitrogens with one attached hydrogen (secondary N) is 1. The molecule has 0 bridgehead atoms. The summed E-state index contributed by atoms with van der Waals surface area (Å²) in [5, 5.41) is 4.92. The number of benzene rings is 1. The van der Waals surface area contributed by atoms with Crippen LogP contribution in [0.4, 0.5) is 5.69 Å². The lowest BCUT2D eigenvalue weighted by atomic mass is 10.1. The summed E-state index contributed by atoms with van der Waals surface area (Å²) < 4.78 is 2.19. The Hall–Kier alpha value is -2.12. The second-order valence-corrected chi connectivity index (χ2v) is 7.89. The third-order valence-electron chi connectivity index (χ3n) is 3.85. The minimum atomic E-state index is -0.108. The number of aromatic nitrogens is 3. The summed E-state index contributed by atoms with van der Waals surface area (Å²) in [7, 11) is 0. The number of nitrogens with zero attached hydrogens (tertiary/aromatic N) is 3. The van der Waals surface area contributed by atoms with Crippen LogP contribution in [0, 0.1) is 13.8 Å². The summed E-state index contributed by atoms with van der Waals surface area (Å²) >= 11 is 3.20. The second kappa shape index (κ2) is 6.07. The lowest BCUT2D eigenvalue weighted by molar-refractivity contribution is 0.103. The number of anilines is 1. The molecule has 2 aromatic heterocycles. The Morgan fingerprint density at radius 3 is 2.67 bits per heavy atom. The summed E-state index contributed by atoms with van der Waals surface area (Å²) in [6.07, 6.45) is 2.09. The largest absolute Gasteiger partial charge is 0.325 e. The fraction of sp³-hybridized carbons (Fsp3) is 0.235. The number of amides is 1. The molecule has 0 saturated heterocycles. The summed E-state index contributed by atoms with van der Waals surface area (Å²) in [6, 6.07) is 7.80. The molecule has 3 aromatic rings. The van der Waals surface area contributed by atoms with E-state index in [4.69, 9.17) is 0 Å². The number of thioether (sulfide) groups is 1. The number of imidazole rings is 1. The van der Waals surface area contributed by atoms with Crippen LogP contribution in [0.15, 0.2) is 35.6 Å². The zero-order chi connectivity index (χ0) is 16.7. The number of thiazole rings is 1. The first kappa shape index (κ1) is 15.4. The number of aryl methyl sites for hydroxylation is 3. The van der Waals surface area contributed by atoms with Crippen molar-refractivity contribution in [1.82, 2.24) is 14.5 Å². The van der Waals surface area contributed by atoms with Crippen molar-refractivity contribution >= 4 is 34.7 Å². The van der Waals surface area contributed by atoms with Crippen molar-refractivity contribution in [3.8, 4) is 11.3 Å². The maximum atomic E-state index is 12.3. The molecule has 0 fully saturated rings. The van der Waals surface area contributed by atoms with Gasteiger partial charge in [-0.05, 0) is 26.0 Å². The maximum Gasteiger partial charge on any atom is 0.267 e. The minimum absolute atomic E-state index is 0.108. The average Bonchev–Trinajstić information content (AvgIpc) is 3.22. The van der Waals surface area contributed by atoms with Crippen molar-refractivity contribution < 1.29 is 4.79 Å². The highest BCUT2D eigenvalue weighted by molar-refractivity contribution is 7.99. The summed E-state index contributed by atoms with van der Waals surface area (Å²) in [4.78, 5) is 21.9. The van der Waals surface area contributed by atoms with Crippen LogP contribution >= 0.6 is 23.1 Å². The van der Waals surface area contributed by atoms with Crippen molar-refractivity contribution in [1.29, 1.82) is 0 Å². The SMILES string of the molecule is Cc1nc(C)c(C(=O)Nc2ccc(-c3cn4c(n3)SCC4)cc2)s1. The third kappa shape index (κ3) is 2.85. The lowest BCUT2D eigenvalue weighted by Crippen LogP contribution is -2.11. The summed E-state index contributed by atoms with van der Waals surface area (Å²) in [6.45, 7) is 4.79. The minimum Gasteiger partial charge on any atom is -0.325 e. The van der Waals surface area contributed by atoms with E-state index in [2.05, 4.69) is 26.0 Å². The van der Waals surface area contributed by atoms with Gasteiger partial charge in [-0.2, -0.15) is 0 Å². The number of rotatable bonds is 3. The molecule has 1 aromatic carbocycles. The van der Waals surface area contributed by atoms with E-state index in [1.54, 1.807) is 11.8 Å². The van der Waals surface area contributed by atoms with Gasteiger partial charge in [0.2, 0.25) is 0 Å². The van der Waals surface area contributed by atoms with Crippen LogP contribution in [0.3, 0.4) is 0 Å². The standard InChI is InChI=1S/C17H16N4OS2/c1-10-15(24-11(2)18-10)16(22)19-13-5-3-12(4-6-13)14-9-21-7-8-23-17(21)20-14/h3-6,9H,7-8H2,1-2H3,(H,19,22). The monoisotopic (exact) mass is 356 g/mol. The normalized spacial score (nSPS) is 13.1. The van der Waals surface area contributed by atoms with E-state index < -0.39 is 0 Å². The Morgan fingerprint density at radius 1 is 1.21 bits per heavy atom. The van der Waals surface area contributed by atoms with Gasteiger partial charge in [-0.25, -0.2) is 9.97 Å². The van der Waals surface area contributed by atoms with E-state index >= 15 is 0 Å². The predicted octanol–water partition coefficient (Wildman–Crippen LogP) is 3.98. The Balaban J connectivity index is 1.51. The number of carbonyl (C=O) groups is 1. The molecule has 1 aliphatic rings. The van der Waals surface area contributed by atoms with Gasteiger partial charge < -0.3 is 9.88 Å². The molecule has 7 heteroatoms. The molecule has 3 heterocycles. The molecule has 122 valence electrons. The van der Waals surface area contributed by atoms with Gasteiger partial charge >= 0.3 is 0 Å². The number of fused-ring (bicyclic) bond motifs is 1. The van der Waals surface area contributed by atoms with E-state index in [1.165, 1.54) is 11.3 Å². The van der Waals surface area contributed by atoms with Crippen molar-refractivity contribution in [3.05, 3.63) is 46.0 Å². The molecule has 1 N–H and O–H groups in total. The highest BCUT2D eigenvalue weighted by Gasteiger charge is 2.16. The molecule has 24 heavy (non-hydrogen) atoms. The van der Waals surface area contributed by atoms with Crippen LogP contribution < -0.4 is 5.32 Å². The Bertz CT molecular complexity index is 890. The van der Waals surface area contributed by atoms with Crippen molar-refractivity contribution in [2.24, 2.45) is 0 Å². The van der Waals surface area contributed by atoms with Gasteiger partial charge in [0.1, 0.15) is 4.88 Å². The molecule has 0 saturated carbocycles. The van der Waals surface area contributed by atoms with Crippen LogP contribution in [0.2, 0.25) is 0 Å². The van der Waals surface area contributed by atoms with Crippen LogP contribution in [-0.2, 0) is 6.54 Å². The van der Waals surface area contributed by atoms with E-state index in [9.17, 15) is 4.79 Å². The van der Waals surface area contributed by atoms with Crippen molar-refractivity contribution in [2.75, 3.05) is 11.1 Å². The first-order valence-electron chi connectivity index (χ1n) is 7.66. The molecule has 4 rings (SSSR count). The van der Waals surface area contributed by atoms with Crippen molar-refractivity contribution in [3.63, 3.8) is 0 Å². The Morgan fingerprint density at radius 2 is 2.00 bits per heavy atom. The number of carbonyl (C=O) groups excluding carboxylic acids is 1. The number of hydrogen-bond donors (Lipinski definition) is 1. The molecule has 5 nitrogen and oxygen atoms in total. The zero-order valence-corrected chi connectivity index (χ0v) is 15.0. The van der Waals surface area contributed by atoms with Gasteiger partial charge in [0.15, 0.2) is 5.16 Å². The van der Waals surface area contributed by atoms with Gasteiger partial charge in [0, 0.05) is 29.7 Å². The van der Waals surface area contributed by atoms with E-state index in [1.807, 2.05) is 38.1 Å². The van der Waals surface area contributed by atoms with Crippen LogP contribution in [-0.4, -0.2) is 26.2 Å². The highest BCUT2D eigenvalue weighted by atomic mass is 32.2. The topological polar surface area (TPSA) is 59.8 Å². The van der Waals surface area contributed by atoms with Gasteiger partial charge in [0.05, 0.1) is 16.4 Å². The Labute approximate surface area is 148 Å². The molecule has 0 atom stereocenters. The molecule has 0 spiro atoms. The molecule has 1 amide bonds. The smallest absolute Gasteiger partial charge is 0.267 e. The molecule has 0 aliphatic carbocycles. The van der Waals surface area contributed by atoms with Gasteiger partial charge in [0.25, 0.3) is 5.91 Å². The molecular formula is C17H16N4OS2. The first-order valence-corrected chi connectivity index (χ1v) is 9.46.